The van der Waals surface area contributed by atoms with Gasteiger partial charge in [0.15, 0.2) is 0 Å². The largest absolute Gasteiger partial charge is 0.411 e. The van der Waals surface area contributed by atoms with Crippen LogP contribution in [-0.4, -0.2) is 11.4 Å². The van der Waals surface area contributed by atoms with Crippen LogP contribution in [0.1, 0.15) is 16.7 Å². The molecular weight excluding hydrogens is 230 g/mol. The van der Waals surface area contributed by atoms with Gasteiger partial charge in [0.05, 0.1) is 6.21 Å². The van der Waals surface area contributed by atoms with Crippen LogP contribution >= 0.6 is 11.8 Å². The normalized spacial score (nSPS) is 13.4. The van der Waals surface area contributed by atoms with Crippen molar-refractivity contribution in [2.24, 2.45) is 5.16 Å². The molecule has 1 aliphatic rings. The molecule has 0 saturated heterocycles. The van der Waals surface area contributed by atoms with Crippen molar-refractivity contribution in [1.29, 1.82) is 0 Å². The van der Waals surface area contributed by atoms with E-state index in [0.29, 0.717) is 0 Å². The number of benzene rings is 2. The summed E-state index contributed by atoms with van der Waals surface area (Å²) in [5.74, 6) is 0. The zero-order valence-corrected chi connectivity index (χ0v) is 9.95. The summed E-state index contributed by atoms with van der Waals surface area (Å²) in [5, 5.41) is 11.8. The van der Waals surface area contributed by atoms with E-state index in [1.807, 2.05) is 12.1 Å². The van der Waals surface area contributed by atoms with E-state index in [-0.39, 0.29) is 0 Å². The molecule has 2 nitrogen and oxygen atoms in total. The first kappa shape index (κ1) is 10.4. The summed E-state index contributed by atoms with van der Waals surface area (Å²) in [5.41, 5.74) is 3.57. The van der Waals surface area contributed by atoms with E-state index in [2.05, 4.69) is 35.5 Å². The highest BCUT2D eigenvalue weighted by atomic mass is 32.2. The number of nitrogens with zero attached hydrogens (tertiary/aromatic N) is 1. The molecule has 0 saturated carbocycles. The predicted octanol–water partition coefficient (Wildman–Crippen LogP) is 3.55. The fourth-order valence-electron chi connectivity index (χ4n) is 2.11. The quantitative estimate of drug-likeness (QED) is 0.401. The fraction of sp³-hybridized carbons (Fsp3) is 0.0714. The van der Waals surface area contributed by atoms with Crippen LogP contribution in [0.4, 0.5) is 0 Å². The van der Waals surface area contributed by atoms with E-state index in [1.54, 1.807) is 11.8 Å². The molecule has 0 amide bonds. The maximum absolute atomic E-state index is 8.68. The molecule has 0 aliphatic carbocycles. The lowest BCUT2D eigenvalue weighted by atomic mass is 9.99. The van der Waals surface area contributed by atoms with Gasteiger partial charge in [-0.1, -0.05) is 47.2 Å². The summed E-state index contributed by atoms with van der Waals surface area (Å²) in [4.78, 5) is 2.57. The second-order valence-corrected chi connectivity index (χ2v) is 5.04. The highest BCUT2D eigenvalue weighted by Crippen LogP contribution is 2.40. The van der Waals surface area contributed by atoms with Gasteiger partial charge < -0.3 is 5.21 Å². The molecule has 3 rings (SSSR count). The third-order valence-corrected chi connectivity index (χ3v) is 4.15. The van der Waals surface area contributed by atoms with Gasteiger partial charge in [-0.25, -0.2) is 0 Å². The Hall–Kier alpha value is -1.74. The number of fused-ring (bicyclic) bond motifs is 2. The molecule has 1 aliphatic heterocycles. The Morgan fingerprint density at radius 3 is 2.76 bits per heavy atom. The van der Waals surface area contributed by atoms with Crippen molar-refractivity contribution in [3.63, 3.8) is 0 Å². The van der Waals surface area contributed by atoms with Gasteiger partial charge in [0.25, 0.3) is 0 Å². The molecule has 2 aromatic carbocycles. The maximum atomic E-state index is 8.68. The molecule has 1 heterocycles. The molecule has 1 N–H and O–H groups in total. The molecule has 0 radical (unpaired) electrons. The molecule has 0 fully saturated rings. The van der Waals surface area contributed by atoms with Crippen LogP contribution in [0, 0.1) is 0 Å². The van der Waals surface area contributed by atoms with E-state index < -0.39 is 0 Å². The van der Waals surface area contributed by atoms with Crippen molar-refractivity contribution in [3.8, 4) is 0 Å². The SMILES string of the molecule is ON=Cc1cccc2c1Cc1ccccc1S2. The summed E-state index contributed by atoms with van der Waals surface area (Å²) >= 11 is 1.78. The van der Waals surface area contributed by atoms with Gasteiger partial charge in [-0.05, 0) is 23.3 Å². The summed E-state index contributed by atoms with van der Waals surface area (Å²) in [6.07, 6.45) is 2.41. The molecule has 0 spiro atoms. The lowest BCUT2D eigenvalue weighted by Gasteiger charge is -2.20. The average molecular weight is 241 g/mol. The molecule has 17 heavy (non-hydrogen) atoms. The molecule has 0 bridgehead atoms. The van der Waals surface area contributed by atoms with Crippen LogP contribution in [0.5, 0.6) is 0 Å². The van der Waals surface area contributed by atoms with E-state index in [1.165, 1.54) is 27.1 Å². The highest BCUT2D eigenvalue weighted by Gasteiger charge is 2.17. The van der Waals surface area contributed by atoms with Gasteiger partial charge in [0.1, 0.15) is 0 Å². The lowest BCUT2D eigenvalue weighted by molar-refractivity contribution is 0.322. The third-order valence-electron chi connectivity index (χ3n) is 2.93. The summed E-state index contributed by atoms with van der Waals surface area (Å²) in [6.45, 7) is 0. The Balaban J connectivity index is 2.11. The Morgan fingerprint density at radius 1 is 1.06 bits per heavy atom. The molecular formula is C14H11NOS. The Labute approximate surface area is 104 Å². The second-order valence-electron chi connectivity index (χ2n) is 3.96. The molecule has 0 atom stereocenters. The Bertz CT molecular complexity index is 593. The first-order chi connectivity index (χ1) is 8.38. The number of hydrogen-bond acceptors (Lipinski definition) is 3. The topological polar surface area (TPSA) is 32.6 Å². The maximum Gasteiger partial charge on any atom is 0.0737 e. The zero-order chi connectivity index (χ0) is 11.7. The molecule has 0 unspecified atom stereocenters. The summed E-state index contributed by atoms with van der Waals surface area (Å²) in [6, 6.07) is 14.5. The van der Waals surface area contributed by atoms with Gasteiger partial charge in [0.2, 0.25) is 0 Å². The number of oxime groups is 1. The van der Waals surface area contributed by atoms with Crippen molar-refractivity contribution >= 4 is 18.0 Å². The van der Waals surface area contributed by atoms with Gasteiger partial charge in [0, 0.05) is 21.8 Å². The van der Waals surface area contributed by atoms with E-state index in [4.69, 9.17) is 5.21 Å². The zero-order valence-electron chi connectivity index (χ0n) is 9.13. The van der Waals surface area contributed by atoms with Crippen LogP contribution in [-0.2, 0) is 6.42 Å². The van der Waals surface area contributed by atoms with Gasteiger partial charge in [-0.2, -0.15) is 0 Å². The average Bonchev–Trinajstić information content (AvgIpc) is 2.37. The van der Waals surface area contributed by atoms with Crippen molar-refractivity contribution in [2.45, 2.75) is 16.2 Å². The van der Waals surface area contributed by atoms with Crippen molar-refractivity contribution < 1.29 is 5.21 Å². The lowest BCUT2D eigenvalue weighted by Crippen LogP contribution is -2.03. The van der Waals surface area contributed by atoms with Crippen LogP contribution < -0.4 is 0 Å². The van der Waals surface area contributed by atoms with Crippen LogP contribution in [0.15, 0.2) is 57.4 Å². The predicted molar refractivity (Wildman–Crippen MR) is 69.2 cm³/mol. The van der Waals surface area contributed by atoms with Crippen molar-refractivity contribution in [1.82, 2.24) is 0 Å². The first-order valence-corrected chi connectivity index (χ1v) is 6.25. The van der Waals surface area contributed by atoms with Crippen molar-refractivity contribution in [2.75, 3.05) is 0 Å². The third kappa shape index (κ3) is 1.83. The summed E-state index contributed by atoms with van der Waals surface area (Å²) < 4.78 is 0. The van der Waals surface area contributed by atoms with Gasteiger partial charge in [-0.3, -0.25) is 0 Å². The minimum Gasteiger partial charge on any atom is -0.411 e. The van der Waals surface area contributed by atoms with Crippen LogP contribution in [0.25, 0.3) is 0 Å². The summed E-state index contributed by atoms with van der Waals surface area (Å²) in [7, 11) is 0. The number of rotatable bonds is 1. The highest BCUT2D eigenvalue weighted by molar-refractivity contribution is 7.99. The molecule has 3 heteroatoms. The molecule has 0 aromatic heterocycles. The standard InChI is InChI=1S/C14H11NOS/c16-15-9-11-5-3-7-14-12(11)8-10-4-1-2-6-13(10)17-14/h1-7,9,16H,8H2. The van der Waals surface area contributed by atoms with Gasteiger partial charge in [-0.15, -0.1) is 0 Å². The Morgan fingerprint density at radius 2 is 1.88 bits per heavy atom. The van der Waals surface area contributed by atoms with E-state index in [9.17, 15) is 0 Å². The minimum atomic E-state index is 0.903. The second kappa shape index (κ2) is 4.26. The Kier molecular flexibility index (Phi) is 2.61. The van der Waals surface area contributed by atoms with E-state index in [0.717, 1.165) is 12.0 Å². The van der Waals surface area contributed by atoms with Crippen LogP contribution in [0.3, 0.4) is 0 Å². The van der Waals surface area contributed by atoms with Crippen molar-refractivity contribution in [3.05, 3.63) is 59.2 Å². The number of hydrogen-bond donors (Lipinski definition) is 1. The minimum absolute atomic E-state index is 0.903. The smallest absolute Gasteiger partial charge is 0.0737 e. The van der Waals surface area contributed by atoms with Gasteiger partial charge >= 0.3 is 0 Å². The first-order valence-electron chi connectivity index (χ1n) is 5.43. The van der Waals surface area contributed by atoms with E-state index >= 15 is 0 Å². The molecule has 84 valence electrons. The molecule has 2 aromatic rings. The monoisotopic (exact) mass is 241 g/mol. The van der Waals surface area contributed by atoms with Crippen LogP contribution in [0.2, 0.25) is 0 Å². The fourth-order valence-corrected chi connectivity index (χ4v) is 3.22.